The Kier molecular flexibility index (Phi) is 7.89. The van der Waals surface area contributed by atoms with E-state index < -0.39 is 17.6 Å². The number of fused-ring (bicyclic) bond motifs is 4. The molecule has 43 heavy (non-hydrogen) atoms. The van der Waals surface area contributed by atoms with Crippen LogP contribution >= 0.6 is 0 Å². The SMILES string of the molecule is CCCC(CC)(COc1nc(N2CC3CCC(C2)N3)c2cnc(-c3cccc4cccc(C(F)(F)F)c34)c(F)c2n1)NC. The maximum absolute atomic E-state index is 16.6. The monoisotopic (exact) mass is 596 g/mol. The molecule has 2 saturated heterocycles. The lowest BCUT2D eigenvalue weighted by Crippen LogP contribution is -2.51. The molecular formula is C32H36F4N6O. The minimum Gasteiger partial charge on any atom is -0.461 e. The van der Waals surface area contributed by atoms with Crippen LogP contribution in [0, 0.1) is 5.82 Å². The van der Waals surface area contributed by atoms with Crippen LogP contribution in [0.1, 0.15) is 51.5 Å². The van der Waals surface area contributed by atoms with Crippen molar-refractivity contribution in [2.45, 2.75) is 69.8 Å². The fourth-order valence-corrected chi connectivity index (χ4v) is 6.67. The molecule has 2 fully saturated rings. The van der Waals surface area contributed by atoms with Gasteiger partial charge in [0.2, 0.25) is 0 Å². The van der Waals surface area contributed by atoms with Crippen LogP contribution in [-0.4, -0.2) is 59.3 Å². The van der Waals surface area contributed by atoms with Crippen molar-refractivity contribution >= 4 is 27.5 Å². The topological polar surface area (TPSA) is 75.2 Å². The number of nitrogens with one attached hydrogen (secondary N) is 2. The molecule has 2 bridgehead atoms. The molecule has 6 rings (SSSR count). The van der Waals surface area contributed by atoms with Crippen molar-refractivity contribution in [2.75, 3.05) is 31.6 Å². The Bertz CT molecular complexity index is 1620. The van der Waals surface area contributed by atoms with E-state index in [1.165, 1.54) is 18.3 Å². The number of hydrogen-bond donors (Lipinski definition) is 2. The van der Waals surface area contributed by atoms with Gasteiger partial charge in [0.1, 0.15) is 23.6 Å². The molecule has 3 unspecified atom stereocenters. The van der Waals surface area contributed by atoms with E-state index in [-0.39, 0.29) is 40.3 Å². The zero-order valence-corrected chi connectivity index (χ0v) is 24.6. The number of hydrogen-bond acceptors (Lipinski definition) is 7. The van der Waals surface area contributed by atoms with E-state index in [0.717, 1.165) is 38.2 Å². The molecule has 2 aliphatic heterocycles. The van der Waals surface area contributed by atoms with Gasteiger partial charge < -0.3 is 20.3 Å². The van der Waals surface area contributed by atoms with Gasteiger partial charge >= 0.3 is 12.2 Å². The fraction of sp³-hybridized carbons (Fsp3) is 0.469. The predicted molar refractivity (Wildman–Crippen MR) is 160 cm³/mol. The Labute approximate surface area is 248 Å². The van der Waals surface area contributed by atoms with Crippen LogP contribution < -0.4 is 20.3 Å². The number of likely N-dealkylation sites (N-methyl/N-ethyl adjacent to an activating group) is 1. The molecule has 4 heterocycles. The third kappa shape index (κ3) is 5.48. The molecule has 2 aliphatic rings. The van der Waals surface area contributed by atoms with E-state index in [1.807, 2.05) is 7.05 Å². The molecule has 0 amide bonds. The minimum absolute atomic E-state index is 0.0283. The van der Waals surface area contributed by atoms with Gasteiger partial charge in [0.15, 0.2) is 5.82 Å². The number of benzene rings is 2. The number of aromatic nitrogens is 3. The smallest absolute Gasteiger partial charge is 0.417 e. The number of piperazine rings is 1. The molecule has 2 aromatic heterocycles. The summed E-state index contributed by atoms with van der Waals surface area (Å²) in [6.45, 7) is 5.84. The second kappa shape index (κ2) is 11.5. The Hall–Kier alpha value is -3.57. The Morgan fingerprint density at radius 2 is 1.77 bits per heavy atom. The molecule has 4 aromatic rings. The summed E-state index contributed by atoms with van der Waals surface area (Å²) in [6.07, 6.45) is 1.57. The van der Waals surface area contributed by atoms with Crippen LogP contribution in [0.5, 0.6) is 6.01 Å². The number of anilines is 1. The highest BCUT2D eigenvalue weighted by atomic mass is 19.4. The van der Waals surface area contributed by atoms with Gasteiger partial charge in [0.25, 0.3) is 0 Å². The third-order valence-electron chi connectivity index (χ3n) is 9.04. The number of pyridine rings is 1. The van der Waals surface area contributed by atoms with E-state index in [4.69, 9.17) is 9.72 Å². The van der Waals surface area contributed by atoms with Gasteiger partial charge in [0, 0.05) is 42.3 Å². The zero-order chi connectivity index (χ0) is 30.4. The normalized spacial score (nSPS) is 20.1. The van der Waals surface area contributed by atoms with Crippen LogP contribution in [0.4, 0.5) is 23.4 Å². The molecule has 0 spiro atoms. The molecule has 7 nitrogen and oxygen atoms in total. The highest BCUT2D eigenvalue weighted by Crippen LogP contribution is 2.41. The summed E-state index contributed by atoms with van der Waals surface area (Å²) >= 11 is 0. The lowest BCUT2D eigenvalue weighted by Gasteiger charge is -2.34. The van der Waals surface area contributed by atoms with Crippen molar-refractivity contribution in [3.8, 4) is 17.3 Å². The number of halogens is 4. The summed E-state index contributed by atoms with van der Waals surface area (Å²) in [4.78, 5) is 15.8. The number of ether oxygens (including phenoxy) is 1. The lowest BCUT2D eigenvalue weighted by molar-refractivity contribution is -0.136. The maximum Gasteiger partial charge on any atom is 0.417 e. The summed E-state index contributed by atoms with van der Waals surface area (Å²) in [5, 5.41) is 7.61. The first-order chi connectivity index (χ1) is 20.7. The fourth-order valence-electron chi connectivity index (χ4n) is 6.67. The van der Waals surface area contributed by atoms with Crippen LogP contribution in [0.2, 0.25) is 0 Å². The van der Waals surface area contributed by atoms with E-state index >= 15 is 4.39 Å². The van der Waals surface area contributed by atoms with Gasteiger partial charge in [-0.05, 0) is 44.2 Å². The second-order valence-electron chi connectivity index (χ2n) is 11.7. The Balaban J connectivity index is 1.51. The second-order valence-corrected chi connectivity index (χ2v) is 11.7. The first-order valence-electron chi connectivity index (χ1n) is 14.9. The van der Waals surface area contributed by atoms with Crippen LogP contribution in [0.3, 0.4) is 0 Å². The van der Waals surface area contributed by atoms with Gasteiger partial charge in [-0.25, -0.2) is 4.39 Å². The van der Waals surface area contributed by atoms with Crippen LogP contribution in [-0.2, 0) is 6.18 Å². The first-order valence-corrected chi connectivity index (χ1v) is 14.9. The van der Waals surface area contributed by atoms with Crippen molar-refractivity contribution in [2.24, 2.45) is 0 Å². The van der Waals surface area contributed by atoms with Crippen molar-refractivity contribution in [3.63, 3.8) is 0 Å². The van der Waals surface area contributed by atoms with E-state index in [1.54, 1.807) is 18.2 Å². The first kappa shape index (κ1) is 29.5. The van der Waals surface area contributed by atoms with E-state index in [2.05, 4.69) is 39.3 Å². The van der Waals surface area contributed by atoms with E-state index in [0.29, 0.717) is 41.8 Å². The molecule has 228 valence electrons. The molecule has 11 heteroatoms. The van der Waals surface area contributed by atoms with Crippen molar-refractivity contribution < 1.29 is 22.3 Å². The Morgan fingerprint density at radius 1 is 1.05 bits per heavy atom. The van der Waals surface area contributed by atoms with Gasteiger partial charge in [-0.15, -0.1) is 0 Å². The standard InChI is InChI=1S/C32H36F4N6O/c1-4-14-31(5-2,37-3)18-43-30-40-28-23(29(41-30)42-16-20-12-13-21(17-42)39-20)15-38-27(26(28)33)22-10-6-8-19-9-7-11-24(25(19)22)32(34,35)36/h6-11,15,20-21,37,39H,4-5,12-14,16-18H2,1-3H3. The highest BCUT2D eigenvalue weighted by Gasteiger charge is 2.36. The third-order valence-corrected chi connectivity index (χ3v) is 9.04. The molecule has 0 saturated carbocycles. The average Bonchev–Trinajstić information content (AvgIpc) is 3.35. The van der Waals surface area contributed by atoms with Crippen LogP contribution in [0.15, 0.2) is 42.6 Å². The van der Waals surface area contributed by atoms with Gasteiger partial charge in [0.05, 0.1) is 16.5 Å². The summed E-state index contributed by atoms with van der Waals surface area (Å²) in [5.74, 6) is -0.287. The molecular weight excluding hydrogens is 560 g/mol. The molecule has 0 aliphatic carbocycles. The minimum atomic E-state index is -4.63. The predicted octanol–water partition coefficient (Wildman–Crippen LogP) is 6.49. The lowest BCUT2D eigenvalue weighted by atomic mass is 9.92. The number of nitrogens with zero attached hydrogens (tertiary/aromatic N) is 4. The van der Waals surface area contributed by atoms with Crippen molar-refractivity contribution in [3.05, 3.63) is 54.0 Å². The van der Waals surface area contributed by atoms with Crippen molar-refractivity contribution in [1.82, 2.24) is 25.6 Å². The van der Waals surface area contributed by atoms with Crippen molar-refractivity contribution in [1.29, 1.82) is 0 Å². The quantitative estimate of drug-likeness (QED) is 0.214. The highest BCUT2D eigenvalue weighted by molar-refractivity contribution is 6.01. The number of rotatable bonds is 9. The number of alkyl halides is 3. The largest absolute Gasteiger partial charge is 0.461 e. The summed E-state index contributed by atoms with van der Waals surface area (Å²) < 4.78 is 65.0. The molecule has 2 aromatic carbocycles. The average molecular weight is 597 g/mol. The zero-order valence-electron chi connectivity index (χ0n) is 24.6. The van der Waals surface area contributed by atoms with E-state index in [9.17, 15) is 13.2 Å². The molecule has 3 atom stereocenters. The van der Waals surface area contributed by atoms with Gasteiger partial charge in [-0.2, -0.15) is 23.1 Å². The van der Waals surface area contributed by atoms with Gasteiger partial charge in [-0.3, -0.25) is 4.98 Å². The Morgan fingerprint density at radius 3 is 2.42 bits per heavy atom. The summed E-state index contributed by atoms with van der Waals surface area (Å²) in [6, 6.07) is 9.21. The molecule has 0 radical (unpaired) electrons. The molecule has 2 N–H and O–H groups in total. The summed E-state index contributed by atoms with van der Waals surface area (Å²) in [7, 11) is 1.89. The van der Waals surface area contributed by atoms with Crippen LogP contribution in [0.25, 0.3) is 32.9 Å². The summed E-state index contributed by atoms with van der Waals surface area (Å²) in [5.41, 5.74) is -1.32. The van der Waals surface area contributed by atoms with Gasteiger partial charge in [-0.1, -0.05) is 50.6 Å². The maximum atomic E-state index is 16.6.